The van der Waals surface area contributed by atoms with E-state index >= 15 is 0 Å². The topological polar surface area (TPSA) is 64.7 Å². The lowest BCUT2D eigenvalue weighted by Crippen LogP contribution is -2.46. The summed E-state index contributed by atoms with van der Waals surface area (Å²) < 4.78 is 26.6. The van der Waals surface area contributed by atoms with Gasteiger partial charge in [-0.05, 0) is 19.4 Å². The van der Waals surface area contributed by atoms with Gasteiger partial charge in [-0.25, -0.2) is 13.1 Å². The molecule has 0 aromatic heterocycles. The normalized spacial score (nSPS) is 21.5. The van der Waals surface area contributed by atoms with Gasteiger partial charge in [0, 0.05) is 51.9 Å². The summed E-state index contributed by atoms with van der Waals surface area (Å²) in [5, 5.41) is 3.27. The molecule has 6 nitrogen and oxygen atoms in total. The second kappa shape index (κ2) is 7.70. The van der Waals surface area contributed by atoms with Gasteiger partial charge in [0.15, 0.2) is 0 Å². The predicted molar refractivity (Wildman–Crippen MR) is 81.4 cm³/mol. The van der Waals surface area contributed by atoms with Crippen LogP contribution in [0.5, 0.6) is 0 Å². The fraction of sp³-hybridized carbons (Fsp3) is 1.00. The molecule has 118 valence electrons. The summed E-state index contributed by atoms with van der Waals surface area (Å²) in [7, 11) is -3.13. The molecule has 0 spiro atoms. The Morgan fingerprint density at radius 2 is 2.00 bits per heavy atom. The third kappa shape index (κ3) is 5.65. The second-order valence-electron chi connectivity index (χ2n) is 5.66. The molecule has 2 N–H and O–H groups in total. The number of nitrogens with one attached hydrogen (secondary N) is 2. The van der Waals surface area contributed by atoms with E-state index in [2.05, 4.69) is 26.8 Å². The number of nitrogens with zero attached hydrogens (tertiary/aromatic N) is 2. The van der Waals surface area contributed by atoms with E-state index in [-0.39, 0.29) is 5.75 Å². The summed E-state index contributed by atoms with van der Waals surface area (Å²) in [6.45, 7) is 8.95. The van der Waals surface area contributed by atoms with E-state index in [1.54, 1.807) is 0 Å². The van der Waals surface area contributed by atoms with Crippen LogP contribution in [0, 0.1) is 0 Å². The van der Waals surface area contributed by atoms with E-state index in [4.69, 9.17) is 0 Å². The van der Waals surface area contributed by atoms with Gasteiger partial charge in [-0.2, -0.15) is 0 Å². The van der Waals surface area contributed by atoms with Crippen molar-refractivity contribution in [3.05, 3.63) is 0 Å². The van der Waals surface area contributed by atoms with Crippen LogP contribution in [0.15, 0.2) is 0 Å². The Bertz CT molecular complexity index is 378. The van der Waals surface area contributed by atoms with Crippen molar-refractivity contribution in [3.63, 3.8) is 0 Å². The van der Waals surface area contributed by atoms with Gasteiger partial charge < -0.3 is 5.32 Å². The smallest absolute Gasteiger partial charge is 0.212 e. The van der Waals surface area contributed by atoms with Gasteiger partial charge in [0.25, 0.3) is 0 Å². The number of hydrogen-bond donors (Lipinski definition) is 2. The van der Waals surface area contributed by atoms with E-state index in [0.717, 1.165) is 39.3 Å². The maximum Gasteiger partial charge on any atom is 0.212 e. The van der Waals surface area contributed by atoms with Crippen LogP contribution < -0.4 is 10.0 Å². The molecule has 7 heteroatoms. The molecule has 0 atom stereocenters. The van der Waals surface area contributed by atoms with Gasteiger partial charge in [0.2, 0.25) is 10.0 Å². The molecular weight excluding hydrogens is 276 g/mol. The third-order valence-corrected chi connectivity index (χ3v) is 5.44. The Balaban J connectivity index is 1.62. The molecular formula is C13H28N4O2S. The van der Waals surface area contributed by atoms with Crippen molar-refractivity contribution in [1.29, 1.82) is 0 Å². The highest BCUT2D eigenvalue weighted by Crippen LogP contribution is 2.25. The van der Waals surface area contributed by atoms with Crippen LogP contribution in [-0.2, 0) is 10.0 Å². The molecule has 0 radical (unpaired) electrons. The van der Waals surface area contributed by atoms with Crippen LogP contribution in [0.1, 0.15) is 19.8 Å². The molecule has 0 aromatic carbocycles. The van der Waals surface area contributed by atoms with Crippen molar-refractivity contribution in [2.24, 2.45) is 0 Å². The van der Waals surface area contributed by atoms with E-state index in [1.165, 1.54) is 12.8 Å². The van der Waals surface area contributed by atoms with Crippen LogP contribution in [0.4, 0.5) is 0 Å². The first-order valence-corrected chi connectivity index (χ1v) is 9.40. The zero-order valence-corrected chi connectivity index (χ0v) is 13.3. The Kier molecular flexibility index (Phi) is 6.22. The first-order valence-electron chi connectivity index (χ1n) is 7.75. The average Bonchev–Trinajstić information content (AvgIpc) is 3.27. The van der Waals surface area contributed by atoms with Crippen LogP contribution in [0.2, 0.25) is 0 Å². The molecule has 20 heavy (non-hydrogen) atoms. The van der Waals surface area contributed by atoms with E-state index in [9.17, 15) is 8.42 Å². The van der Waals surface area contributed by atoms with Gasteiger partial charge in [-0.1, -0.05) is 6.92 Å². The first kappa shape index (κ1) is 16.2. The molecule has 2 rings (SSSR count). The van der Waals surface area contributed by atoms with Crippen molar-refractivity contribution in [2.75, 3.05) is 58.1 Å². The molecule has 1 saturated heterocycles. The first-order chi connectivity index (χ1) is 9.61. The maximum atomic E-state index is 12.0. The third-order valence-electron chi connectivity index (χ3n) is 4.08. The molecule has 0 amide bonds. The molecule has 2 aliphatic rings. The minimum Gasteiger partial charge on any atom is -0.314 e. The Morgan fingerprint density at radius 3 is 2.60 bits per heavy atom. The van der Waals surface area contributed by atoms with Crippen LogP contribution in [0.25, 0.3) is 0 Å². The van der Waals surface area contributed by atoms with Crippen molar-refractivity contribution in [3.8, 4) is 0 Å². The van der Waals surface area contributed by atoms with Crippen LogP contribution >= 0.6 is 0 Å². The summed E-state index contributed by atoms with van der Waals surface area (Å²) >= 11 is 0. The molecule has 0 bridgehead atoms. The summed E-state index contributed by atoms with van der Waals surface area (Å²) in [5.74, 6) is 0.211. The van der Waals surface area contributed by atoms with Gasteiger partial charge in [-0.3, -0.25) is 9.80 Å². The van der Waals surface area contributed by atoms with Crippen LogP contribution in [-0.4, -0.2) is 82.4 Å². The molecule has 0 aromatic rings. The highest BCUT2D eigenvalue weighted by atomic mass is 32.2. The standard InChI is InChI=1S/C13H28N4O2S/c1-2-17(13-3-4-13)10-7-15-20(18,19)12-11-16-8-5-14-6-9-16/h13-15H,2-12H2,1H3. The van der Waals surface area contributed by atoms with Crippen molar-refractivity contribution < 1.29 is 8.42 Å². The Labute approximate surface area is 122 Å². The highest BCUT2D eigenvalue weighted by molar-refractivity contribution is 7.89. The highest BCUT2D eigenvalue weighted by Gasteiger charge is 2.27. The zero-order chi connectivity index (χ0) is 14.4. The minimum atomic E-state index is -3.13. The summed E-state index contributed by atoms with van der Waals surface area (Å²) in [6.07, 6.45) is 2.53. The van der Waals surface area contributed by atoms with Crippen molar-refractivity contribution in [2.45, 2.75) is 25.8 Å². The quantitative estimate of drug-likeness (QED) is 0.589. The molecule has 1 aliphatic heterocycles. The summed E-state index contributed by atoms with van der Waals surface area (Å²) in [6, 6.07) is 0.699. The monoisotopic (exact) mass is 304 g/mol. The number of likely N-dealkylation sites (N-methyl/N-ethyl adjacent to an activating group) is 1. The lowest BCUT2D eigenvalue weighted by molar-refractivity contribution is 0.253. The van der Waals surface area contributed by atoms with Gasteiger partial charge >= 0.3 is 0 Å². The number of rotatable bonds is 9. The number of sulfonamides is 1. The maximum absolute atomic E-state index is 12.0. The minimum absolute atomic E-state index is 0.211. The van der Waals surface area contributed by atoms with E-state index in [1.807, 2.05) is 0 Å². The summed E-state index contributed by atoms with van der Waals surface area (Å²) in [5.41, 5.74) is 0. The molecule has 1 saturated carbocycles. The fourth-order valence-electron chi connectivity index (χ4n) is 2.64. The van der Waals surface area contributed by atoms with E-state index in [0.29, 0.717) is 19.1 Å². The van der Waals surface area contributed by atoms with Gasteiger partial charge in [-0.15, -0.1) is 0 Å². The fourth-order valence-corrected chi connectivity index (χ4v) is 3.68. The lowest BCUT2D eigenvalue weighted by Gasteiger charge is -2.27. The van der Waals surface area contributed by atoms with E-state index < -0.39 is 10.0 Å². The largest absolute Gasteiger partial charge is 0.314 e. The number of hydrogen-bond acceptors (Lipinski definition) is 5. The van der Waals surface area contributed by atoms with Crippen molar-refractivity contribution in [1.82, 2.24) is 19.8 Å². The molecule has 1 aliphatic carbocycles. The summed E-state index contributed by atoms with van der Waals surface area (Å²) in [4.78, 5) is 4.57. The van der Waals surface area contributed by atoms with Gasteiger partial charge in [0.05, 0.1) is 5.75 Å². The Morgan fingerprint density at radius 1 is 1.30 bits per heavy atom. The molecule has 2 fully saturated rings. The predicted octanol–water partition coefficient (Wildman–Crippen LogP) is -0.705. The number of piperazine rings is 1. The van der Waals surface area contributed by atoms with Crippen molar-refractivity contribution >= 4 is 10.0 Å². The second-order valence-corrected chi connectivity index (χ2v) is 7.59. The van der Waals surface area contributed by atoms with Crippen LogP contribution in [0.3, 0.4) is 0 Å². The lowest BCUT2D eigenvalue weighted by atomic mass is 10.4. The zero-order valence-electron chi connectivity index (χ0n) is 12.5. The SMILES string of the molecule is CCN(CCNS(=O)(=O)CCN1CCNCC1)C1CC1. The average molecular weight is 304 g/mol. The van der Waals surface area contributed by atoms with Gasteiger partial charge in [0.1, 0.15) is 0 Å². The molecule has 0 unspecified atom stereocenters. The Hall–Kier alpha value is -0.210. The molecule has 1 heterocycles.